The molecule has 0 amide bonds. The predicted molar refractivity (Wildman–Crippen MR) is 81.6 cm³/mol. The number of hydrogen-bond acceptors (Lipinski definition) is 2. The molecule has 0 aliphatic carbocycles. The Kier molecular flexibility index (Phi) is 5.36. The second kappa shape index (κ2) is 7.25. The molecule has 0 heterocycles. The molecule has 3 heteroatoms. The Morgan fingerprint density at radius 2 is 1.80 bits per heavy atom. The molecule has 2 aromatic carbocycles. The highest BCUT2D eigenvalue weighted by molar-refractivity contribution is 7.98. The summed E-state index contributed by atoms with van der Waals surface area (Å²) in [6, 6.07) is 14.3. The van der Waals surface area contributed by atoms with Crippen LogP contribution < -0.4 is 0 Å². The quantitative estimate of drug-likeness (QED) is 0.543. The molecule has 0 unspecified atom stereocenters. The fraction of sp³-hybridized carbons (Fsp3) is 0.235. The lowest BCUT2D eigenvalue weighted by Gasteiger charge is -2.04. The molecule has 0 radical (unpaired) electrons. The van der Waals surface area contributed by atoms with Gasteiger partial charge in [0.15, 0.2) is 5.78 Å². The highest BCUT2D eigenvalue weighted by Gasteiger charge is 2.05. The summed E-state index contributed by atoms with van der Waals surface area (Å²) in [5.74, 6) is 0.600. The first-order valence-electron chi connectivity index (χ1n) is 6.70. The summed E-state index contributed by atoms with van der Waals surface area (Å²) in [6.07, 6.45) is 1.45. The monoisotopic (exact) mass is 288 g/mol. The Morgan fingerprint density at radius 1 is 1.10 bits per heavy atom. The van der Waals surface area contributed by atoms with E-state index in [0.717, 1.165) is 16.9 Å². The molecular formula is C17H17FOS. The number of ketones is 1. The van der Waals surface area contributed by atoms with Gasteiger partial charge >= 0.3 is 0 Å². The third-order valence-corrected chi connectivity index (χ3v) is 4.07. The van der Waals surface area contributed by atoms with E-state index in [0.29, 0.717) is 17.7 Å². The van der Waals surface area contributed by atoms with Gasteiger partial charge in [-0.3, -0.25) is 4.79 Å². The molecule has 0 aliphatic heterocycles. The molecule has 0 atom stereocenters. The average molecular weight is 288 g/mol. The maximum atomic E-state index is 13.5. The molecule has 0 saturated heterocycles. The number of benzene rings is 2. The van der Waals surface area contributed by atoms with Crippen LogP contribution in [0.2, 0.25) is 0 Å². The van der Waals surface area contributed by atoms with E-state index in [-0.39, 0.29) is 11.6 Å². The van der Waals surface area contributed by atoms with E-state index >= 15 is 0 Å². The Hall–Kier alpha value is -1.61. The molecule has 0 aliphatic rings. The zero-order valence-electron chi connectivity index (χ0n) is 11.4. The number of halogens is 1. The average Bonchev–Trinajstić information content (AvgIpc) is 2.47. The van der Waals surface area contributed by atoms with Gasteiger partial charge in [0, 0.05) is 22.6 Å². The molecule has 0 fully saturated rings. The van der Waals surface area contributed by atoms with E-state index in [1.807, 2.05) is 37.3 Å². The van der Waals surface area contributed by atoms with Crippen LogP contribution in [0.3, 0.4) is 0 Å². The van der Waals surface area contributed by atoms with Crippen molar-refractivity contribution < 1.29 is 9.18 Å². The lowest BCUT2D eigenvalue weighted by molar-refractivity contribution is 0.0981. The number of rotatable bonds is 6. The number of carbonyl (C=O) groups is 1. The van der Waals surface area contributed by atoms with Crippen LogP contribution in [0.5, 0.6) is 0 Å². The van der Waals surface area contributed by atoms with Crippen molar-refractivity contribution in [3.8, 4) is 0 Å². The summed E-state index contributed by atoms with van der Waals surface area (Å²) in [5.41, 5.74) is 1.45. The van der Waals surface area contributed by atoms with Crippen molar-refractivity contribution in [3.63, 3.8) is 0 Å². The summed E-state index contributed by atoms with van der Waals surface area (Å²) in [6.45, 7) is 2.00. The van der Waals surface area contributed by atoms with E-state index in [1.165, 1.54) is 6.07 Å². The third kappa shape index (κ3) is 3.94. The number of Topliss-reactive ketones (excluding diaryl/α,β-unsaturated/α-hetero) is 1. The largest absolute Gasteiger partial charge is 0.294 e. The minimum absolute atomic E-state index is 0.172. The van der Waals surface area contributed by atoms with Gasteiger partial charge in [-0.1, -0.05) is 37.3 Å². The Bertz CT molecular complexity index is 578. The van der Waals surface area contributed by atoms with E-state index in [9.17, 15) is 9.18 Å². The fourth-order valence-corrected chi connectivity index (χ4v) is 2.77. The van der Waals surface area contributed by atoms with Gasteiger partial charge in [0.25, 0.3) is 0 Å². The number of thioether (sulfide) groups is 1. The Morgan fingerprint density at radius 3 is 2.45 bits per heavy atom. The summed E-state index contributed by atoms with van der Waals surface area (Å²) in [7, 11) is 0. The van der Waals surface area contributed by atoms with Gasteiger partial charge in [0.2, 0.25) is 0 Å². The van der Waals surface area contributed by atoms with Gasteiger partial charge in [-0.05, 0) is 30.2 Å². The van der Waals surface area contributed by atoms with E-state index in [1.54, 1.807) is 23.9 Å². The summed E-state index contributed by atoms with van der Waals surface area (Å²) in [4.78, 5) is 12.8. The molecule has 0 aromatic heterocycles. The van der Waals surface area contributed by atoms with Crippen molar-refractivity contribution in [3.05, 3.63) is 65.5 Å². The fourth-order valence-electron chi connectivity index (χ4n) is 1.88. The summed E-state index contributed by atoms with van der Waals surface area (Å²) in [5, 5.41) is 0. The SMILES string of the molecule is CCCC(=O)c1ccc(SCc2ccccc2F)cc1. The first kappa shape index (κ1) is 14.8. The third-order valence-electron chi connectivity index (χ3n) is 3.01. The first-order chi connectivity index (χ1) is 9.70. The number of hydrogen-bond donors (Lipinski definition) is 0. The van der Waals surface area contributed by atoms with Crippen LogP contribution in [0, 0.1) is 5.82 Å². The van der Waals surface area contributed by atoms with Crippen molar-refractivity contribution in [2.75, 3.05) is 0 Å². The minimum Gasteiger partial charge on any atom is -0.294 e. The minimum atomic E-state index is -0.172. The van der Waals surface area contributed by atoms with E-state index in [4.69, 9.17) is 0 Å². The molecule has 104 valence electrons. The predicted octanol–water partition coefficient (Wildman–Crippen LogP) is 5.10. The van der Waals surface area contributed by atoms with Crippen LogP contribution in [-0.4, -0.2) is 5.78 Å². The van der Waals surface area contributed by atoms with Gasteiger partial charge in [0.05, 0.1) is 0 Å². The van der Waals surface area contributed by atoms with Crippen LogP contribution in [0.25, 0.3) is 0 Å². The van der Waals surface area contributed by atoms with Crippen molar-refractivity contribution in [1.82, 2.24) is 0 Å². The lowest BCUT2D eigenvalue weighted by Crippen LogP contribution is -1.97. The Balaban J connectivity index is 1.98. The first-order valence-corrected chi connectivity index (χ1v) is 7.68. The van der Waals surface area contributed by atoms with Crippen molar-refractivity contribution in [2.45, 2.75) is 30.4 Å². The molecule has 2 aromatic rings. The standard InChI is InChI=1S/C17H17FOS/c1-2-5-17(19)13-8-10-15(11-9-13)20-12-14-6-3-4-7-16(14)18/h3-4,6-11H,2,5,12H2,1H3. The van der Waals surface area contributed by atoms with Gasteiger partial charge in [-0.2, -0.15) is 0 Å². The molecular weight excluding hydrogens is 271 g/mol. The Labute approximate surface area is 123 Å². The topological polar surface area (TPSA) is 17.1 Å². The van der Waals surface area contributed by atoms with Crippen LogP contribution in [0.1, 0.15) is 35.7 Å². The molecule has 2 rings (SSSR count). The second-order valence-corrected chi connectivity index (χ2v) is 5.63. The van der Waals surface area contributed by atoms with Gasteiger partial charge in [-0.15, -0.1) is 11.8 Å². The molecule has 0 saturated carbocycles. The van der Waals surface area contributed by atoms with Crippen LogP contribution in [0.4, 0.5) is 4.39 Å². The normalized spacial score (nSPS) is 10.5. The van der Waals surface area contributed by atoms with Crippen molar-refractivity contribution >= 4 is 17.5 Å². The smallest absolute Gasteiger partial charge is 0.162 e. The van der Waals surface area contributed by atoms with Gasteiger partial charge in [-0.25, -0.2) is 4.39 Å². The van der Waals surface area contributed by atoms with Crippen molar-refractivity contribution in [1.29, 1.82) is 0 Å². The zero-order valence-corrected chi connectivity index (χ0v) is 12.3. The van der Waals surface area contributed by atoms with Gasteiger partial charge in [0.1, 0.15) is 5.82 Å². The lowest BCUT2D eigenvalue weighted by atomic mass is 10.1. The molecule has 0 bridgehead atoms. The highest BCUT2D eigenvalue weighted by atomic mass is 32.2. The molecule has 0 spiro atoms. The van der Waals surface area contributed by atoms with Gasteiger partial charge < -0.3 is 0 Å². The summed E-state index contributed by atoms with van der Waals surface area (Å²) >= 11 is 1.57. The summed E-state index contributed by atoms with van der Waals surface area (Å²) < 4.78 is 13.5. The zero-order chi connectivity index (χ0) is 14.4. The molecule has 1 nitrogen and oxygen atoms in total. The highest BCUT2D eigenvalue weighted by Crippen LogP contribution is 2.24. The second-order valence-electron chi connectivity index (χ2n) is 4.58. The van der Waals surface area contributed by atoms with E-state index < -0.39 is 0 Å². The van der Waals surface area contributed by atoms with Crippen LogP contribution in [-0.2, 0) is 5.75 Å². The van der Waals surface area contributed by atoms with E-state index in [2.05, 4.69) is 0 Å². The van der Waals surface area contributed by atoms with Crippen molar-refractivity contribution in [2.24, 2.45) is 0 Å². The maximum absolute atomic E-state index is 13.5. The molecule has 0 N–H and O–H groups in total. The number of carbonyl (C=O) groups excluding carboxylic acids is 1. The molecule has 20 heavy (non-hydrogen) atoms. The van der Waals surface area contributed by atoms with Crippen LogP contribution >= 0.6 is 11.8 Å². The maximum Gasteiger partial charge on any atom is 0.162 e. The van der Waals surface area contributed by atoms with Crippen LogP contribution in [0.15, 0.2) is 53.4 Å².